The summed E-state index contributed by atoms with van der Waals surface area (Å²) in [7, 11) is -2.45. The van der Waals surface area contributed by atoms with E-state index >= 15 is 0 Å². The van der Waals surface area contributed by atoms with Crippen molar-refractivity contribution in [1.29, 1.82) is 0 Å². The van der Waals surface area contributed by atoms with Crippen molar-refractivity contribution in [2.75, 3.05) is 0 Å². The Balaban J connectivity index is 1.85. The predicted molar refractivity (Wildman–Crippen MR) is 98.5 cm³/mol. The number of nitrogens with zero attached hydrogens (tertiary/aromatic N) is 2. The molecule has 146 valence electrons. The fourth-order valence-corrected chi connectivity index (χ4v) is 3.29. The number of carbonyl (C=O) groups excluding carboxylic acids is 1. The van der Waals surface area contributed by atoms with E-state index in [-0.39, 0.29) is 9.92 Å². The third-order valence-corrected chi connectivity index (χ3v) is 5.16. The van der Waals surface area contributed by atoms with Crippen molar-refractivity contribution in [3.8, 4) is 11.3 Å². The number of nitrogens with one attached hydrogen (secondary N) is 3. The Morgan fingerprint density at radius 3 is 2.68 bits per heavy atom. The summed E-state index contributed by atoms with van der Waals surface area (Å²) in [4.78, 5) is 31.2. The summed E-state index contributed by atoms with van der Waals surface area (Å²) in [5, 5.41) is -0.322. The number of H-pyrrole nitrogens is 1. The molecule has 28 heavy (non-hydrogen) atoms. The molecule has 9 nitrogen and oxygen atoms in total. The second-order valence-electron chi connectivity index (χ2n) is 5.69. The molecule has 3 aromatic rings. The lowest BCUT2D eigenvalue weighted by atomic mass is 10.1. The Labute approximate surface area is 163 Å². The molecular formula is C16H13ClFN5O4S. The number of hydrogen-bond donors (Lipinski definition) is 3. The summed E-state index contributed by atoms with van der Waals surface area (Å²) in [5.74, 6) is -2.08. The first-order valence-electron chi connectivity index (χ1n) is 7.65. The minimum atomic E-state index is -4.19. The largest absolute Gasteiger partial charge is 0.340 e. The number of sulfonamides is 1. The van der Waals surface area contributed by atoms with E-state index in [0.29, 0.717) is 11.3 Å². The van der Waals surface area contributed by atoms with Crippen LogP contribution in [-0.2, 0) is 17.1 Å². The fraction of sp³-hybridized carbons (Fsp3) is 0.0625. The first-order valence-corrected chi connectivity index (χ1v) is 9.52. The number of hydrazine groups is 1. The van der Waals surface area contributed by atoms with E-state index in [2.05, 4.69) is 9.97 Å². The van der Waals surface area contributed by atoms with Gasteiger partial charge in [-0.3, -0.25) is 15.0 Å². The molecule has 0 saturated carbocycles. The van der Waals surface area contributed by atoms with Crippen LogP contribution in [0.15, 0.2) is 52.7 Å². The average Bonchev–Trinajstić information content (AvgIpc) is 3.08. The molecule has 1 amide bonds. The first kappa shape index (κ1) is 19.7. The number of benzene rings is 1. The van der Waals surface area contributed by atoms with Crippen molar-refractivity contribution in [3.63, 3.8) is 0 Å². The zero-order valence-electron chi connectivity index (χ0n) is 14.2. The molecule has 2 heterocycles. The number of halogens is 2. The summed E-state index contributed by atoms with van der Waals surface area (Å²) in [6.07, 6.45) is 4.12. The van der Waals surface area contributed by atoms with Crippen LogP contribution >= 0.6 is 11.6 Å². The third kappa shape index (κ3) is 4.11. The molecule has 0 aliphatic rings. The highest BCUT2D eigenvalue weighted by Gasteiger charge is 2.20. The minimum Gasteiger partial charge on any atom is -0.340 e. The van der Waals surface area contributed by atoms with Crippen molar-refractivity contribution in [1.82, 2.24) is 24.8 Å². The van der Waals surface area contributed by atoms with Crippen molar-refractivity contribution < 1.29 is 17.6 Å². The zero-order chi connectivity index (χ0) is 20.5. The average molecular weight is 426 g/mol. The van der Waals surface area contributed by atoms with Gasteiger partial charge in [-0.15, -0.1) is 4.83 Å². The highest BCUT2D eigenvalue weighted by Crippen LogP contribution is 2.27. The molecule has 0 spiro atoms. The van der Waals surface area contributed by atoms with Gasteiger partial charge in [-0.25, -0.2) is 17.8 Å². The summed E-state index contributed by atoms with van der Waals surface area (Å²) in [6.45, 7) is 0. The molecule has 0 fully saturated rings. The number of aromatic nitrogens is 3. The van der Waals surface area contributed by atoms with Crippen molar-refractivity contribution in [2.24, 2.45) is 7.05 Å². The topological polar surface area (TPSA) is 126 Å². The molecule has 0 atom stereocenters. The Morgan fingerprint density at radius 1 is 1.32 bits per heavy atom. The molecule has 0 unspecified atom stereocenters. The maximum absolute atomic E-state index is 14.3. The highest BCUT2D eigenvalue weighted by atomic mass is 35.5. The molecule has 2 aromatic heterocycles. The summed E-state index contributed by atoms with van der Waals surface area (Å²) in [6, 6.07) is 4.56. The van der Waals surface area contributed by atoms with Gasteiger partial charge in [0.15, 0.2) is 5.82 Å². The summed E-state index contributed by atoms with van der Waals surface area (Å²) >= 11 is 5.86. The van der Waals surface area contributed by atoms with E-state index in [1.807, 2.05) is 10.3 Å². The standard InChI is InChI=1S/C16H13ClFN5O4S/c1-23-7-13(20-8-23)9-4-11(15(18)12(17)5-9)16(25)21-22-28(26,27)10-2-3-14(24)19-6-10/h2-8,22H,1H3,(H,19,24)(H,21,25). The van der Waals surface area contributed by atoms with Gasteiger partial charge in [-0.1, -0.05) is 11.6 Å². The lowest BCUT2D eigenvalue weighted by Crippen LogP contribution is -2.42. The Hall–Kier alpha value is -3.02. The normalized spacial score (nSPS) is 11.4. The van der Waals surface area contributed by atoms with Crippen LogP contribution in [0.2, 0.25) is 5.02 Å². The van der Waals surface area contributed by atoms with Gasteiger partial charge in [-0.05, 0) is 18.2 Å². The Morgan fingerprint density at radius 2 is 2.07 bits per heavy atom. The van der Waals surface area contributed by atoms with E-state index < -0.39 is 32.9 Å². The first-order chi connectivity index (χ1) is 13.2. The van der Waals surface area contributed by atoms with Gasteiger partial charge in [0.05, 0.1) is 27.5 Å². The van der Waals surface area contributed by atoms with E-state index in [9.17, 15) is 22.4 Å². The van der Waals surface area contributed by atoms with Gasteiger partial charge in [0.1, 0.15) is 0 Å². The second kappa shape index (κ2) is 7.54. The fourth-order valence-electron chi connectivity index (χ4n) is 2.27. The molecular weight excluding hydrogens is 413 g/mol. The van der Waals surface area contributed by atoms with Crippen LogP contribution in [0.5, 0.6) is 0 Å². The molecule has 3 rings (SSSR count). The number of hydrogen-bond acceptors (Lipinski definition) is 5. The van der Waals surface area contributed by atoms with Gasteiger partial charge in [0.25, 0.3) is 15.9 Å². The number of pyridine rings is 1. The van der Waals surface area contributed by atoms with Crippen LogP contribution in [0, 0.1) is 5.82 Å². The van der Waals surface area contributed by atoms with E-state index in [4.69, 9.17) is 11.6 Å². The van der Waals surface area contributed by atoms with Crippen LogP contribution in [0.1, 0.15) is 10.4 Å². The van der Waals surface area contributed by atoms with Crippen LogP contribution in [0.3, 0.4) is 0 Å². The quantitative estimate of drug-likeness (QED) is 0.529. The van der Waals surface area contributed by atoms with E-state index in [1.54, 1.807) is 17.8 Å². The van der Waals surface area contributed by atoms with Crippen molar-refractivity contribution in [3.05, 3.63) is 69.7 Å². The molecule has 0 saturated heterocycles. The number of aryl methyl sites for hydroxylation is 1. The number of carbonyl (C=O) groups is 1. The molecule has 12 heteroatoms. The zero-order valence-corrected chi connectivity index (χ0v) is 15.8. The molecule has 1 aromatic carbocycles. The third-order valence-electron chi connectivity index (χ3n) is 3.64. The molecule has 0 bridgehead atoms. The van der Waals surface area contributed by atoms with Gasteiger partial charge in [0, 0.05) is 31.1 Å². The highest BCUT2D eigenvalue weighted by molar-refractivity contribution is 7.89. The smallest absolute Gasteiger partial charge is 0.269 e. The molecule has 0 radical (unpaired) electrons. The summed E-state index contributed by atoms with van der Waals surface area (Å²) in [5.41, 5.74) is 1.77. The van der Waals surface area contributed by atoms with Gasteiger partial charge in [-0.2, -0.15) is 0 Å². The number of amides is 1. The Bertz CT molecular complexity index is 1200. The van der Waals surface area contributed by atoms with Crippen molar-refractivity contribution >= 4 is 27.5 Å². The van der Waals surface area contributed by atoms with Gasteiger partial charge in [0.2, 0.25) is 5.56 Å². The molecule has 3 N–H and O–H groups in total. The van der Waals surface area contributed by atoms with Crippen molar-refractivity contribution in [2.45, 2.75) is 4.90 Å². The predicted octanol–water partition coefficient (Wildman–Crippen LogP) is 1.19. The number of rotatable bonds is 5. The maximum atomic E-state index is 14.3. The van der Waals surface area contributed by atoms with Gasteiger partial charge < -0.3 is 9.55 Å². The van der Waals surface area contributed by atoms with Gasteiger partial charge >= 0.3 is 0 Å². The van der Waals surface area contributed by atoms with E-state index in [1.165, 1.54) is 18.5 Å². The maximum Gasteiger partial charge on any atom is 0.269 e. The van der Waals surface area contributed by atoms with Crippen LogP contribution in [0.4, 0.5) is 4.39 Å². The number of imidazole rings is 1. The number of aromatic amines is 1. The second-order valence-corrected chi connectivity index (χ2v) is 7.78. The lowest BCUT2D eigenvalue weighted by molar-refractivity contribution is 0.0941. The summed E-state index contributed by atoms with van der Waals surface area (Å²) < 4.78 is 40.2. The van der Waals surface area contributed by atoms with Crippen LogP contribution < -0.4 is 15.8 Å². The lowest BCUT2D eigenvalue weighted by Gasteiger charge is -2.10. The minimum absolute atomic E-state index is 0.298. The Kier molecular flexibility index (Phi) is 5.31. The SMILES string of the molecule is Cn1cnc(-c2cc(Cl)c(F)c(C(=O)NNS(=O)(=O)c3ccc(=O)[nH]c3)c2)c1. The molecule has 0 aliphatic carbocycles. The molecule has 0 aliphatic heterocycles. The van der Waals surface area contributed by atoms with Crippen LogP contribution in [0.25, 0.3) is 11.3 Å². The van der Waals surface area contributed by atoms with E-state index in [0.717, 1.165) is 18.3 Å². The van der Waals surface area contributed by atoms with Crippen LogP contribution in [-0.4, -0.2) is 28.9 Å². The monoisotopic (exact) mass is 425 g/mol.